The van der Waals surface area contributed by atoms with Crippen molar-refractivity contribution < 1.29 is 43.1 Å². The molecule has 0 heterocycles. The Balaban J connectivity index is -0.000000653. The highest BCUT2D eigenvalue weighted by Crippen LogP contribution is 2.21. The number of amides is 8. The van der Waals surface area contributed by atoms with Crippen LogP contribution in [-0.2, 0) is 59.7 Å². The molecule has 0 aromatic heterocycles. The highest BCUT2D eigenvalue weighted by atomic mass is 16.5. The van der Waals surface area contributed by atoms with Gasteiger partial charge in [0.1, 0.15) is 0 Å². The minimum absolute atomic E-state index is 0.0705. The Morgan fingerprint density at radius 1 is 0.231 bits per heavy atom. The van der Waals surface area contributed by atoms with Crippen molar-refractivity contribution in [1.29, 1.82) is 0 Å². The highest BCUT2D eigenvalue weighted by molar-refractivity contribution is 5.99. The number of carbonyl (C=O) groups excluding carboxylic acids is 8. The summed E-state index contributed by atoms with van der Waals surface area (Å²) in [7, 11) is 0. The van der Waals surface area contributed by atoms with Crippen LogP contribution in [0.1, 0.15) is 277 Å². The third kappa shape index (κ3) is 82.5. The molecule has 25 nitrogen and oxygen atoms in total. The van der Waals surface area contributed by atoms with Crippen molar-refractivity contribution in [2.45, 2.75) is 357 Å². The molecule has 4 aromatic rings. The van der Waals surface area contributed by atoms with Crippen LogP contribution in [0.15, 0.2) is 121 Å². The van der Waals surface area contributed by atoms with E-state index in [1.54, 1.807) is 24.3 Å². The number of nitrogens with one attached hydrogen (secondary N) is 16. The largest absolute Gasteiger partial charge is 0.379 e. The first-order chi connectivity index (χ1) is 56.5. The molecular formula is C96H172N16O9. The lowest BCUT2D eigenvalue weighted by Gasteiger charge is -2.10. The minimum atomic E-state index is -0.251. The van der Waals surface area contributed by atoms with Crippen molar-refractivity contribution >= 4 is 47.3 Å². The average Bonchev–Trinajstić information content (AvgIpc) is 0.809. The van der Waals surface area contributed by atoms with Gasteiger partial charge in [0, 0.05) is 197 Å². The zero-order valence-electron chi connectivity index (χ0n) is 80.9. The third-order valence-electron chi connectivity index (χ3n) is 15.2. The predicted molar refractivity (Wildman–Crippen MR) is 508 cm³/mol. The van der Waals surface area contributed by atoms with Gasteiger partial charge in [-0.15, -0.1) is 0 Å². The number of benzene rings is 4. The first-order valence-electron chi connectivity index (χ1n) is 44.1. The quantitative estimate of drug-likeness (QED) is 0.0145. The number of hydrogen-bond acceptors (Lipinski definition) is 17. The molecule has 0 aliphatic rings. The molecule has 16 N–H and O–H groups in total. The maximum atomic E-state index is 11.7. The molecule has 25 heteroatoms. The molecule has 4 aromatic carbocycles. The second-order valence-corrected chi connectivity index (χ2v) is 34.5. The molecular weight excluding hydrogens is 1520 g/mol. The smallest absolute Gasteiger partial charge is 0.251 e. The molecule has 121 heavy (non-hydrogen) atoms. The molecule has 690 valence electrons. The Hall–Kier alpha value is -8.24. The second kappa shape index (κ2) is 73.3. The third-order valence-corrected chi connectivity index (χ3v) is 15.2. The summed E-state index contributed by atoms with van der Waals surface area (Å²) in [6.45, 7) is 74.0. The number of carbonyl (C=O) groups is 8. The topological polar surface area (TPSA) is 338 Å². The number of hydrogen-bond donors (Lipinski definition) is 16. The van der Waals surface area contributed by atoms with E-state index in [0.29, 0.717) is 59.5 Å². The van der Waals surface area contributed by atoms with Crippen molar-refractivity contribution in [1.82, 2.24) is 85.1 Å². The summed E-state index contributed by atoms with van der Waals surface area (Å²) >= 11 is 0. The molecule has 0 aliphatic carbocycles. The van der Waals surface area contributed by atoms with Crippen LogP contribution >= 0.6 is 0 Å². The molecule has 0 atom stereocenters. The van der Waals surface area contributed by atoms with Crippen LogP contribution in [0.3, 0.4) is 0 Å². The van der Waals surface area contributed by atoms with E-state index in [0.717, 1.165) is 65.6 Å². The SMILES string of the molecule is CC(C)NC(=O)/C=C/C(=O)NC(C)C.CC(C)NC(=O)/C=C\C(=O)NC(C)C.CC(C)NC(=O)CCC(=O)NC(C)C.CC(C)NC(=O)c1ccc(C(=O)NC(C)C)cc1.CC(C)NCCNC(C)C.CC(C)NCCOCCNC(C)C.CC(C)NCc1ccc(-c2ccc(CNC(C)C)cc2)cc1.CC(C)NCc1ccc(CNC(C)C)cc1. The van der Waals surface area contributed by atoms with Gasteiger partial charge in [0.2, 0.25) is 35.4 Å². The van der Waals surface area contributed by atoms with Crippen molar-refractivity contribution in [3.63, 3.8) is 0 Å². The molecule has 8 amide bonds. The summed E-state index contributed by atoms with van der Waals surface area (Å²) in [6, 6.07) is 38.3. The van der Waals surface area contributed by atoms with Gasteiger partial charge in [0.05, 0.1) is 13.2 Å². The molecule has 4 rings (SSSR count). The summed E-state index contributed by atoms with van der Waals surface area (Å²) in [5, 5.41) is 48.6. The Bertz CT molecular complexity index is 3100. The van der Waals surface area contributed by atoms with E-state index in [2.05, 4.69) is 269 Å². The maximum Gasteiger partial charge on any atom is 0.251 e. The molecule has 0 radical (unpaired) electrons. The Labute approximate surface area is 734 Å². The van der Waals surface area contributed by atoms with Gasteiger partial charge in [-0.05, 0) is 168 Å². The fourth-order valence-electron chi connectivity index (χ4n) is 9.47. The monoisotopic (exact) mass is 1690 g/mol. The molecule has 0 fully saturated rings. The first kappa shape index (κ1) is 119. The second-order valence-electron chi connectivity index (χ2n) is 34.5. The van der Waals surface area contributed by atoms with Gasteiger partial charge in [-0.3, -0.25) is 38.4 Å². The van der Waals surface area contributed by atoms with E-state index in [1.165, 1.54) is 57.7 Å². The van der Waals surface area contributed by atoms with Gasteiger partial charge in [-0.2, -0.15) is 0 Å². The van der Waals surface area contributed by atoms with Crippen molar-refractivity contribution in [3.05, 3.63) is 155 Å². The Morgan fingerprint density at radius 3 is 0.612 bits per heavy atom. The summed E-state index contributed by atoms with van der Waals surface area (Å²) in [5.74, 6) is -1.39. The average molecular weight is 1690 g/mol. The highest BCUT2D eigenvalue weighted by Gasteiger charge is 2.13. The van der Waals surface area contributed by atoms with Crippen LogP contribution in [0.4, 0.5) is 0 Å². The molecule has 0 unspecified atom stereocenters. The van der Waals surface area contributed by atoms with Crippen LogP contribution in [-0.4, -0.2) is 183 Å². The molecule has 0 aliphatic heterocycles. The molecule has 0 saturated heterocycles. The summed E-state index contributed by atoms with van der Waals surface area (Å²) in [4.78, 5) is 90.0. The van der Waals surface area contributed by atoms with Crippen molar-refractivity contribution in [2.24, 2.45) is 0 Å². The van der Waals surface area contributed by atoms with E-state index in [-0.39, 0.29) is 108 Å². The molecule has 0 bridgehead atoms. The number of rotatable bonds is 43. The van der Waals surface area contributed by atoms with Crippen LogP contribution < -0.4 is 85.1 Å². The summed E-state index contributed by atoms with van der Waals surface area (Å²) in [5.41, 5.74) is 9.03. The zero-order chi connectivity index (χ0) is 93.1. The fourth-order valence-corrected chi connectivity index (χ4v) is 9.47. The van der Waals surface area contributed by atoms with Gasteiger partial charge in [-0.1, -0.05) is 184 Å². The fraction of sp³-hybridized carbons (Fsp3) is 0.625. The first-order valence-corrected chi connectivity index (χ1v) is 44.1. The maximum absolute atomic E-state index is 11.7. The Morgan fingerprint density at radius 2 is 0.421 bits per heavy atom. The van der Waals surface area contributed by atoms with Gasteiger partial charge < -0.3 is 89.8 Å². The van der Waals surface area contributed by atoms with E-state index in [4.69, 9.17) is 4.74 Å². The van der Waals surface area contributed by atoms with Crippen LogP contribution in [0.2, 0.25) is 0 Å². The lowest BCUT2D eigenvalue weighted by Crippen LogP contribution is -2.34. The Kier molecular flexibility index (Phi) is 72.1. The predicted octanol–water partition coefficient (Wildman–Crippen LogP) is 13.0. The number of ether oxygens (including phenoxy) is 1. The van der Waals surface area contributed by atoms with Crippen LogP contribution in [0.25, 0.3) is 11.1 Å². The normalized spacial score (nSPS) is 11.1. The van der Waals surface area contributed by atoms with Gasteiger partial charge in [0.25, 0.3) is 11.8 Å². The van der Waals surface area contributed by atoms with E-state index in [9.17, 15) is 38.4 Å². The van der Waals surface area contributed by atoms with E-state index in [1.807, 2.05) is 111 Å². The summed E-state index contributed by atoms with van der Waals surface area (Å²) < 4.78 is 5.41. The van der Waals surface area contributed by atoms with Crippen molar-refractivity contribution in [2.75, 3.05) is 39.4 Å². The van der Waals surface area contributed by atoms with Crippen LogP contribution in [0.5, 0.6) is 0 Å². The van der Waals surface area contributed by atoms with Gasteiger partial charge in [-0.25, -0.2) is 0 Å². The molecule has 0 saturated carbocycles. The lowest BCUT2D eigenvalue weighted by molar-refractivity contribution is -0.127. The van der Waals surface area contributed by atoms with Crippen LogP contribution in [0, 0.1) is 0 Å². The van der Waals surface area contributed by atoms with Gasteiger partial charge >= 0.3 is 0 Å². The van der Waals surface area contributed by atoms with Crippen molar-refractivity contribution in [3.8, 4) is 11.1 Å². The minimum Gasteiger partial charge on any atom is -0.379 e. The van der Waals surface area contributed by atoms with E-state index >= 15 is 0 Å². The standard InChI is InChI=1S/C20H28N2.C14H20N2O2.C14H24N2.C10H20N2O2.2C10H18N2O2.C10H24N2O.C8H20N2/c1-15(2)21-13-17-5-9-19(10-6-17)20-11-7-18(8-12-20)14-22-16(3)4;1-9(2)15-13(17)11-5-7-12(8-6-11)14(18)16-10(3)4;1-11(2)15-9-13-5-7-14(8-6-13)10-16-12(3)4;3*1-7(2)11-9(13)5-6-10(14)12-8(3)4;1-9(2)11-5-7-13-8-6-12-10(3)4;1-7(2)9-5-6-10-8(3)4/h5-12,15-16,21-22H,13-14H2,1-4H3;5-10H,1-4H3,(H,15,17)(H,16,18);5-8,11-12,15-16H,9-10H2,1-4H3;7-8H,5-6H2,1-4H3,(H,11,13)(H,12,14);2*5-8H,1-4H3,(H,11,13)(H,12,14);9-12H,5-8H2,1-4H3;7-10H,5-6H2,1-4H3/b;;;;6-5+;6-5-;;. The van der Waals surface area contributed by atoms with E-state index < -0.39 is 0 Å². The molecule has 0 spiro atoms. The van der Waals surface area contributed by atoms with Gasteiger partial charge in [0.15, 0.2) is 0 Å². The zero-order valence-corrected chi connectivity index (χ0v) is 80.9. The lowest BCUT2D eigenvalue weighted by atomic mass is 10.0. The summed E-state index contributed by atoms with van der Waals surface area (Å²) in [6.07, 6.45) is 5.46.